The van der Waals surface area contributed by atoms with E-state index in [0.717, 1.165) is 0 Å². The maximum Gasteiger partial charge on any atom is -0.00176 e. The van der Waals surface area contributed by atoms with Crippen LogP contribution in [-0.4, -0.2) is 0 Å². The van der Waals surface area contributed by atoms with Crippen LogP contribution < -0.4 is 0 Å². The fraction of sp³-hybridized carbons (Fsp3) is 0.130. The van der Waals surface area contributed by atoms with Gasteiger partial charge in [0.15, 0.2) is 0 Å². The monoisotopic (exact) mass is 588 g/mol. The van der Waals surface area contributed by atoms with Crippen molar-refractivity contribution in [1.82, 2.24) is 0 Å². The third-order valence-electron chi connectivity index (χ3n) is 10.3. The highest BCUT2D eigenvalue weighted by atomic mass is 14.2. The van der Waals surface area contributed by atoms with Crippen LogP contribution in [0.15, 0.2) is 133 Å². The quantitative estimate of drug-likeness (QED) is 0.179. The highest BCUT2D eigenvalue weighted by molar-refractivity contribution is 6.27. The molecule has 0 saturated carbocycles. The minimum Gasteiger partial charge on any atom is -0.0616 e. The van der Waals surface area contributed by atoms with Gasteiger partial charge in [-0.15, -0.1) is 0 Å². The van der Waals surface area contributed by atoms with Crippen molar-refractivity contribution >= 4 is 64.6 Å². The van der Waals surface area contributed by atoms with Crippen LogP contribution in [-0.2, 0) is 0 Å². The van der Waals surface area contributed by atoms with Gasteiger partial charge in [0.25, 0.3) is 0 Å². The molecule has 220 valence electrons. The van der Waals surface area contributed by atoms with Crippen LogP contribution in [0.25, 0.3) is 86.9 Å². The molecule has 0 amide bonds. The van der Waals surface area contributed by atoms with Gasteiger partial charge in [-0.2, -0.15) is 0 Å². The van der Waals surface area contributed by atoms with E-state index in [1.165, 1.54) is 98.0 Å². The first kappa shape index (κ1) is 27.1. The third kappa shape index (κ3) is 4.00. The predicted octanol–water partition coefficient (Wildman–Crippen LogP) is 13.6. The molecule has 0 bridgehead atoms. The molecule has 9 aromatic rings. The van der Waals surface area contributed by atoms with Crippen LogP contribution >= 0.6 is 0 Å². The summed E-state index contributed by atoms with van der Waals surface area (Å²) >= 11 is 0. The number of hydrogen-bond acceptors (Lipinski definition) is 0. The van der Waals surface area contributed by atoms with Crippen LogP contribution in [0.4, 0.5) is 0 Å². The summed E-state index contributed by atoms with van der Waals surface area (Å²) in [6.45, 7) is 9.27. The highest BCUT2D eigenvalue weighted by Crippen LogP contribution is 2.45. The van der Waals surface area contributed by atoms with Gasteiger partial charge in [0.2, 0.25) is 0 Å². The second-order valence-electron chi connectivity index (χ2n) is 13.7. The SMILES string of the molecule is CC(C)c1ccc2ccc3c(C(C)C)cc(-c4ccc5ccc(-c6cc7ccccc7c7ccccc67)cc5c4)c4ccc1c2c43. The second-order valence-corrected chi connectivity index (χ2v) is 13.7. The van der Waals surface area contributed by atoms with E-state index < -0.39 is 0 Å². The second kappa shape index (κ2) is 10.2. The van der Waals surface area contributed by atoms with Gasteiger partial charge >= 0.3 is 0 Å². The Hall–Kier alpha value is -5.20. The topological polar surface area (TPSA) is 0 Å². The zero-order valence-electron chi connectivity index (χ0n) is 26.9. The molecule has 0 heterocycles. The van der Waals surface area contributed by atoms with Gasteiger partial charge in [-0.3, -0.25) is 0 Å². The van der Waals surface area contributed by atoms with Gasteiger partial charge in [0.1, 0.15) is 0 Å². The van der Waals surface area contributed by atoms with Crippen LogP contribution in [0.5, 0.6) is 0 Å². The zero-order valence-corrected chi connectivity index (χ0v) is 26.9. The van der Waals surface area contributed by atoms with Gasteiger partial charge in [0, 0.05) is 0 Å². The van der Waals surface area contributed by atoms with Crippen LogP contribution in [0.3, 0.4) is 0 Å². The molecule has 0 spiro atoms. The molecule has 0 fully saturated rings. The van der Waals surface area contributed by atoms with E-state index in [4.69, 9.17) is 0 Å². The summed E-state index contributed by atoms with van der Waals surface area (Å²) in [6, 6.07) is 50.5. The van der Waals surface area contributed by atoms with Crippen molar-refractivity contribution < 1.29 is 0 Å². The van der Waals surface area contributed by atoms with Crippen molar-refractivity contribution in [1.29, 1.82) is 0 Å². The minimum absolute atomic E-state index is 0.418. The summed E-state index contributed by atoms with van der Waals surface area (Å²) in [5.74, 6) is 0.893. The van der Waals surface area contributed by atoms with E-state index >= 15 is 0 Å². The molecule has 0 nitrogen and oxygen atoms in total. The molecule has 9 aromatic carbocycles. The van der Waals surface area contributed by atoms with E-state index in [-0.39, 0.29) is 0 Å². The van der Waals surface area contributed by atoms with Crippen molar-refractivity contribution in [3.8, 4) is 22.3 Å². The average molecular weight is 589 g/mol. The minimum atomic E-state index is 0.418. The Bertz CT molecular complexity index is 2630. The van der Waals surface area contributed by atoms with E-state index in [1.54, 1.807) is 0 Å². The molecule has 0 aromatic heterocycles. The summed E-state index contributed by atoms with van der Waals surface area (Å²) in [7, 11) is 0. The molecule has 0 atom stereocenters. The van der Waals surface area contributed by atoms with E-state index in [9.17, 15) is 0 Å². The van der Waals surface area contributed by atoms with Gasteiger partial charge in [-0.1, -0.05) is 137 Å². The molecule has 0 saturated heterocycles. The van der Waals surface area contributed by atoms with E-state index in [0.29, 0.717) is 11.8 Å². The molecular weight excluding hydrogens is 553 g/mol. The van der Waals surface area contributed by atoms with Crippen LogP contribution in [0, 0.1) is 0 Å². The lowest BCUT2D eigenvalue weighted by atomic mass is 9.82. The Morgan fingerprint density at radius 3 is 1.63 bits per heavy atom. The maximum atomic E-state index is 2.47. The van der Waals surface area contributed by atoms with Crippen molar-refractivity contribution in [3.63, 3.8) is 0 Å². The number of fused-ring (bicyclic) bond motifs is 4. The summed E-state index contributed by atoms with van der Waals surface area (Å²) in [5.41, 5.74) is 7.99. The molecule has 0 unspecified atom stereocenters. The smallest absolute Gasteiger partial charge is 0.00176 e. The Morgan fingerprint density at radius 2 is 0.891 bits per heavy atom. The molecule has 0 heteroatoms. The van der Waals surface area contributed by atoms with Crippen LogP contribution in [0.2, 0.25) is 0 Å². The summed E-state index contributed by atoms with van der Waals surface area (Å²) in [4.78, 5) is 0. The molecule has 0 radical (unpaired) electrons. The zero-order chi connectivity index (χ0) is 31.1. The Balaban J connectivity index is 1.29. The molecular formula is C46H36. The predicted molar refractivity (Wildman–Crippen MR) is 202 cm³/mol. The largest absolute Gasteiger partial charge is 0.0616 e. The number of hydrogen-bond donors (Lipinski definition) is 0. The molecule has 0 aliphatic carbocycles. The van der Waals surface area contributed by atoms with Gasteiger partial charge in [-0.25, -0.2) is 0 Å². The molecule has 0 aliphatic heterocycles. The van der Waals surface area contributed by atoms with Gasteiger partial charge < -0.3 is 0 Å². The van der Waals surface area contributed by atoms with Crippen molar-refractivity contribution in [2.75, 3.05) is 0 Å². The fourth-order valence-corrected chi connectivity index (χ4v) is 8.04. The summed E-state index contributed by atoms with van der Waals surface area (Å²) in [5, 5.41) is 16.0. The van der Waals surface area contributed by atoms with Gasteiger partial charge in [-0.05, 0) is 134 Å². The third-order valence-corrected chi connectivity index (χ3v) is 10.3. The fourth-order valence-electron chi connectivity index (χ4n) is 8.04. The van der Waals surface area contributed by atoms with Crippen LogP contribution in [0.1, 0.15) is 50.7 Å². The molecule has 46 heavy (non-hydrogen) atoms. The normalized spacial score (nSPS) is 12.3. The highest BCUT2D eigenvalue weighted by Gasteiger charge is 2.19. The first-order valence-corrected chi connectivity index (χ1v) is 16.7. The lowest BCUT2D eigenvalue weighted by molar-refractivity contribution is 0.876. The summed E-state index contributed by atoms with van der Waals surface area (Å²) in [6.07, 6.45) is 0. The Labute approximate surface area is 270 Å². The van der Waals surface area contributed by atoms with Crippen molar-refractivity contribution in [2.45, 2.75) is 39.5 Å². The lowest BCUT2D eigenvalue weighted by Crippen LogP contribution is -1.97. The standard InChI is InChI=1S/C46H36/c1-27(2)35-19-17-30-18-20-40-42(28(3)4)26-44(41-22-21-39(35)45(30)46(40)41)33-16-14-29-13-15-32(23-34(29)24-33)43-25-31-9-5-6-10-36(31)37-11-7-8-12-38(37)43/h5-28H,1-4H3. The maximum absolute atomic E-state index is 2.47. The van der Waals surface area contributed by atoms with Gasteiger partial charge in [0.05, 0.1) is 0 Å². The Kier molecular flexibility index (Phi) is 5.99. The molecule has 0 N–H and O–H groups in total. The summed E-state index contributed by atoms with van der Waals surface area (Å²) < 4.78 is 0. The number of rotatable bonds is 4. The average Bonchev–Trinajstić information content (AvgIpc) is 3.09. The van der Waals surface area contributed by atoms with E-state index in [2.05, 4.69) is 161 Å². The molecule has 9 rings (SSSR count). The van der Waals surface area contributed by atoms with E-state index in [1.807, 2.05) is 0 Å². The van der Waals surface area contributed by atoms with Crippen molar-refractivity contribution in [3.05, 3.63) is 145 Å². The first-order chi connectivity index (χ1) is 22.5. The first-order valence-electron chi connectivity index (χ1n) is 16.7. The molecule has 0 aliphatic rings. The number of benzene rings is 9. The van der Waals surface area contributed by atoms with Crippen molar-refractivity contribution in [2.24, 2.45) is 0 Å². The Morgan fingerprint density at radius 1 is 0.326 bits per heavy atom. The lowest BCUT2D eigenvalue weighted by Gasteiger charge is -2.21.